The molecule has 0 unspecified atom stereocenters. The van der Waals surface area contributed by atoms with Crippen molar-refractivity contribution in [1.29, 1.82) is 0 Å². The lowest BCUT2D eigenvalue weighted by Crippen LogP contribution is -2.54. The molecule has 4 amide bonds. The number of aromatic nitrogens is 1. The molecule has 2 aliphatic rings. The van der Waals surface area contributed by atoms with E-state index in [2.05, 4.69) is 39.0 Å². The zero-order chi connectivity index (χ0) is 24.5. The number of nitrogens with one attached hydrogen (secondary N) is 1. The maximum absolute atomic E-state index is 13.2. The number of amides is 4. The number of para-hydroxylation sites is 1. The van der Waals surface area contributed by atoms with Crippen LogP contribution in [0.25, 0.3) is 11.8 Å². The average molecular weight is 471 g/mol. The van der Waals surface area contributed by atoms with Gasteiger partial charge in [0.1, 0.15) is 5.57 Å². The van der Waals surface area contributed by atoms with Gasteiger partial charge in [-0.15, -0.1) is 0 Å². The number of urea groups is 1. The molecule has 2 aromatic carbocycles. The van der Waals surface area contributed by atoms with Gasteiger partial charge in [0.25, 0.3) is 11.8 Å². The van der Waals surface area contributed by atoms with E-state index in [9.17, 15) is 14.4 Å². The highest BCUT2D eigenvalue weighted by Crippen LogP contribution is 2.27. The quantitative estimate of drug-likeness (QED) is 0.465. The summed E-state index contributed by atoms with van der Waals surface area (Å²) in [6, 6.07) is 18.1. The number of ether oxygens (including phenoxy) is 1. The van der Waals surface area contributed by atoms with Gasteiger partial charge in [-0.05, 0) is 68.0 Å². The standard InChI is InChI=1S/C27H26N4O4/c1-18-16-20(17-24-25(32)28-27(34)31(26(24)33)22-6-4-3-5-7-22)19(2)30(18)23-10-8-21(9-11-23)29-12-14-35-15-13-29/h3-11,16-17H,12-15H2,1-2H3,(H,28,32,34). The van der Waals surface area contributed by atoms with Crippen molar-refractivity contribution in [2.24, 2.45) is 0 Å². The van der Waals surface area contributed by atoms with E-state index >= 15 is 0 Å². The van der Waals surface area contributed by atoms with E-state index in [1.807, 2.05) is 19.9 Å². The van der Waals surface area contributed by atoms with Crippen LogP contribution in [0.2, 0.25) is 0 Å². The van der Waals surface area contributed by atoms with Crippen LogP contribution in [0.5, 0.6) is 0 Å². The molecule has 2 aliphatic heterocycles. The minimum Gasteiger partial charge on any atom is -0.378 e. The van der Waals surface area contributed by atoms with Crippen LogP contribution >= 0.6 is 0 Å². The molecule has 0 bridgehead atoms. The first kappa shape index (κ1) is 22.6. The predicted molar refractivity (Wildman–Crippen MR) is 134 cm³/mol. The Balaban J connectivity index is 1.46. The number of imide groups is 2. The van der Waals surface area contributed by atoms with Crippen LogP contribution in [0.1, 0.15) is 17.0 Å². The lowest BCUT2D eigenvalue weighted by Gasteiger charge is -2.29. The van der Waals surface area contributed by atoms with Crippen molar-refractivity contribution in [3.05, 3.63) is 83.2 Å². The van der Waals surface area contributed by atoms with Crippen LogP contribution in [0, 0.1) is 13.8 Å². The minimum atomic E-state index is -0.755. The van der Waals surface area contributed by atoms with E-state index in [0.717, 1.165) is 59.5 Å². The molecule has 178 valence electrons. The fraction of sp³-hybridized carbons (Fsp3) is 0.222. The second kappa shape index (κ2) is 9.23. The molecule has 2 fully saturated rings. The number of morpholine rings is 1. The maximum Gasteiger partial charge on any atom is 0.335 e. The van der Waals surface area contributed by atoms with Crippen molar-refractivity contribution < 1.29 is 19.1 Å². The van der Waals surface area contributed by atoms with Gasteiger partial charge in [0.05, 0.1) is 18.9 Å². The van der Waals surface area contributed by atoms with E-state index < -0.39 is 17.8 Å². The Kier molecular flexibility index (Phi) is 5.96. The van der Waals surface area contributed by atoms with Crippen molar-refractivity contribution in [3.8, 4) is 5.69 Å². The van der Waals surface area contributed by atoms with Gasteiger partial charge in [-0.3, -0.25) is 14.9 Å². The number of hydrogen-bond acceptors (Lipinski definition) is 5. The van der Waals surface area contributed by atoms with Gasteiger partial charge in [-0.1, -0.05) is 18.2 Å². The Hall–Kier alpha value is -4.17. The number of anilines is 2. The van der Waals surface area contributed by atoms with Crippen molar-refractivity contribution in [2.45, 2.75) is 13.8 Å². The number of aryl methyl sites for hydroxylation is 1. The summed E-state index contributed by atoms with van der Waals surface area (Å²) >= 11 is 0. The number of carbonyl (C=O) groups excluding carboxylic acids is 3. The molecule has 0 saturated carbocycles. The first-order chi connectivity index (χ1) is 16.9. The Labute approximate surface area is 203 Å². The fourth-order valence-electron chi connectivity index (χ4n) is 4.59. The molecule has 35 heavy (non-hydrogen) atoms. The second-order valence-corrected chi connectivity index (χ2v) is 8.57. The van der Waals surface area contributed by atoms with Crippen molar-refractivity contribution in [3.63, 3.8) is 0 Å². The highest BCUT2D eigenvalue weighted by molar-refractivity contribution is 6.39. The summed E-state index contributed by atoms with van der Waals surface area (Å²) in [5.41, 5.74) is 5.04. The van der Waals surface area contributed by atoms with Crippen LogP contribution in [-0.4, -0.2) is 48.7 Å². The van der Waals surface area contributed by atoms with Gasteiger partial charge in [0.15, 0.2) is 0 Å². The third-order valence-electron chi connectivity index (χ3n) is 6.37. The van der Waals surface area contributed by atoms with Gasteiger partial charge >= 0.3 is 6.03 Å². The average Bonchev–Trinajstić information content (AvgIpc) is 3.15. The first-order valence-corrected chi connectivity index (χ1v) is 11.5. The first-order valence-electron chi connectivity index (χ1n) is 11.5. The fourth-order valence-corrected chi connectivity index (χ4v) is 4.59. The molecule has 0 atom stereocenters. The van der Waals surface area contributed by atoms with Crippen LogP contribution in [0.4, 0.5) is 16.2 Å². The Bertz CT molecular complexity index is 1320. The Morgan fingerprint density at radius 2 is 1.51 bits per heavy atom. The number of barbiturate groups is 1. The Morgan fingerprint density at radius 3 is 2.20 bits per heavy atom. The number of benzene rings is 2. The molecule has 2 saturated heterocycles. The van der Waals surface area contributed by atoms with E-state index in [4.69, 9.17) is 4.74 Å². The van der Waals surface area contributed by atoms with E-state index in [-0.39, 0.29) is 5.57 Å². The molecule has 0 radical (unpaired) electrons. The third-order valence-corrected chi connectivity index (χ3v) is 6.37. The smallest absolute Gasteiger partial charge is 0.335 e. The number of carbonyl (C=O) groups is 3. The molecule has 0 spiro atoms. The van der Waals surface area contributed by atoms with Crippen LogP contribution in [-0.2, 0) is 14.3 Å². The largest absolute Gasteiger partial charge is 0.378 e. The Morgan fingerprint density at radius 1 is 0.857 bits per heavy atom. The molecule has 3 aromatic rings. The second-order valence-electron chi connectivity index (χ2n) is 8.57. The molecule has 3 heterocycles. The minimum absolute atomic E-state index is 0.0867. The SMILES string of the molecule is Cc1cc(C=C2C(=O)NC(=O)N(c3ccccc3)C2=O)c(C)n1-c1ccc(N2CCOCC2)cc1. The lowest BCUT2D eigenvalue weighted by molar-refractivity contribution is -0.122. The van der Waals surface area contributed by atoms with Crippen LogP contribution in [0.15, 0.2) is 66.2 Å². The molecular weight excluding hydrogens is 444 g/mol. The normalized spacial score (nSPS) is 17.8. The summed E-state index contributed by atoms with van der Waals surface area (Å²) in [6.45, 7) is 7.13. The van der Waals surface area contributed by atoms with E-state index in [1.54, 1.807) is 36.4 Å². The summed E-state index contributed by atoms with van der Waals surface area (Å²) in [4.78, 5) is 41.4. The number of nitrogens with zero attached hydrogens (tertiary/aromatic N) is 3. The van der Waals surface area contributed by atoms with Gasteiger partial charge < -0.3 is 14.2 Å². The monoisotopic (exact) mass is 470 g/mol. The molecule has 0 aliphatic carbocycles. The summed E-state index contributed by atoms with van der Waals surface area (Å²) in [7, 11) is 0. The number of rotatable bonds is 4. The van der Waals surface area contributed by atoms with E-state index in [1.165, 1.54) is 0 Å². The summed E-state index contributed by atoms with van der Waals surface area (Å²) in [6.07, 6.45) is 1.56. The van der Waals surface area contributed by atoms with Gasteiger partial charge in [0, 0.05) is 35.9 Å². The maximum atomic E-state index is 13.2. The molecule has 1 N–H and O–H groups in total. The van der Waals surface area contributed by atoms with Crippen molar-refractivity contribution in [2.75, 3.05) is 36.1 Å². The summed E-state index contributed by atoms with van der Waals surface area (Å²) < 4.78 is 7.52. The van der Waals surface area contributed by atoms with Gasteiger partial charge in [-0.25, -0.2) is 9.69 Å². The predicted octanol–water partition coefficient (Wildman–Crippen LogP) is 3.60. The third kappa shape index (κ3) is 4.24. The highest BCUT2D eigenvalue weighted by atomic mass is 16.5. The van der Waals surface area contributed by atoms with Crippen molar-refractivity contribution >= 4 is 35.3 Å². The zero-order valence-electron chi connectivity index (χ0n) is 19.7. The van der Waals surface area contributed by atoms with E-state index in [0.29, 0.717) is 5.69 Å². The van der Waals surface area contributed by atoms with Crippen molar-refractivity contribution in [1.82, 2.24) is 9.88 Å². The molecule has 8 heteroatoms. The lowest BCUT2D eigenvalue weighted by atomic mass is 10.1. The number of hydrogen-bond donors (Lipinski definition) is 1. The summed E-state index contributed by atoms with van der Waals surface area (Å²) in [5.74, 6) is -1.35. The van der Waals surface area contributed by atoms with Gasteiger partial charge in [0.2, 0.25) is 0 Å². The summed E-state index contributed by atoms with van der Waals surface area (Å²) in [5, 5.41) is 2.28. The molecule has 8 nitrogen and oxygen atoms in total. The zero-order valence-corrected chi connectivity index (χ0v) is 19.7. The highest BCUT2D eigenvalue weighted by Gasteiger charge is 2.37. The van der Waals surface area contributed by atoms with Gasteiger partial charge in [-0.2, -0.15) is 0 Å². The molecule has 1 aromatic heterocycles. The van der Waals surface area contributed by atoms with Crippen LogP contribution < -0.4 is 15.1 Å². The topological polar surface area (TPSA) is 83.9 Å². The molecular formula is C27H26N4O4. The van der Waals surface area contributed by atoms with Crippen LogP contribution in [0.3, 0.4) is 0 Å². The molecule has 5 rings (SSSR count).